The molecule has 0 aromatic carbocycles. The van der Waals surface area contributed by atoms with Crippen LogP contribution in [0, 0.1) is 0 Å². The zero-order valence-corrected chi connectivity index (χ0v) is 10.4. The topological polar surface area (TPSA) is 88.3 Å². The summed E-state index contributed by atoms with van der Waals surface area (Å²) in [5.74, 6) is -1.15. The SMILES string of the molecule is CCN(Cc1ccncc1)C(=O)C(=O)NCCN. The van der Waals surface area contributed by atoms with Crippen molar-refractivity contribution in [2.24, 2.45) is 5.73 Å². The van der Waals surface area contributed by atoms with E-state index in [-0.39, 0.29) is 0 Å². The minimum absolute atomic E-state index is 0.303. The molecule has 1 rings (SSSR count). The van der Waals surface area contributed by atoms with Gasteiger partial charge in [0, 0.05) is 38.6 Å². The standard InChI is InChI=1S/C12H18N4O2/c1-2-16(9-10-3-6-14-7-4-10)12(18)11(17)15-8-5-13/h3-4,6-7H,2,5,8-9,13H2,1H3,(H,15,17). The van der Waals surface area contributed by atoms with Gasteiger partial charge < -0.3 is 16.0 Å². The Morgan fingerprint density at radius 2 is 2.06 bits per heavy atom. The van der Waals surface area contributed by atoms with Gasteiger partial charge in [-0.05, 0) is 24.6 Å². The monoisotopic (exact) mass is 250 g/mol. The summed E-state index contributed by atoms with van der Waals surface area (Å²) >= 11 is 0. The fourth-order valence-electron chi connectivity index (χ4n) is 1.44. The van der Waals surface area contributed by atoms with E-state index in [1.807, 2.05) is 19.1 Å². The van der Waals surface area contributed by atoms with Gasteiger partial charge in [0.15, 0.2) is 0 Å². The minimum atomic E-state index is -0.614. The number of hydrogen-bond acceptors (Lipinski definition) is 4. The van der Waals surface area contributed by atoms with Crippen LogP contribution < -0.4 is 11.1 Å². The first-order valence-electron chi connectivity index (χ1n) is 5.85. The second-order valence-electron chi connectivity index (χ2n) is 3.72. The van der Waals surface area contributed by atoms with E-state index >= 15 is 0 Å². The summed E-state index contributed by atoms with van der Waals surface area (Å²) in [5.41, 5.74) is 6.20. The number of rotatable bonds is 5. The number of nitrogens with one attached hydrogen (secondary N) is 1. The number of pyridine rings is 1. The lowest BCUT2D eigenvalue weighted by Gasteiger charge is -2.20. The van der Waals surface area contributed by atoms with Gasteiger partial charge in [-0.25, -0.2) is 0 Å². The Labute approximate surface area is 106 Å². The molecule has 3 N–H and O–H groups in total. The summed E-state index contributed by atoms with van der Waals surface area (Å²) in [6.45, 7) is 3.31. The van der Waals surface area contributed by atoms with Gasteiger partial charge in [-0.15, -0.1) is 0 Å². The Morgan fingerprint density at radius 3 is 2.61 bits per heavy atom. The molecule has 0 saturated heterocycles. The first kappa shape index (κ1) is 14.1. The number of likely N-dealkylation sites (N-methyl/N-ethyl adjacent to an activating group) is 1. The summed E-state index contributed by atoms with van der Waals surface area (Å²) in [4.78, 5) is 28.7. The predicted molar refractivity (Wildman–Crippen MR) is 67.4 cm³/mol. The average Bonchev–Trinajstić information content (AvgIpc) is 2.42. The number of carbonyl (C=O) groups is 2. The molecule has 2 amide bonds. The van der Waals surface area contributed by atoms with Crippen LogP contribution in [0.4, 0.5) is 0 Å². The van der Waals surface area contributed by atoms with Crippen molar-refractivity contribution in [3.05, 3.63) is 30.1 Å². The molecule has 1 heterocycles. The highest BCUT2D eigenvalue weighted by molar-refractivity contribution is 6.34. The van der Waals surface area contributed by atoms with Crippen LogP contribution in [0.5, 0.6) is 0 Å². The molecule has 0 atom stereocenters. The molecular formula is C12H18N4O2. The number of hydrogen-bond donors (Lipinski definition) is 2. The van der Waals surface area contributed by atoms with Gasteiger partial charge in [-0.1, -0.05) is 0 Å². The maximum Gasteiger partial charge on any atom is 0.312 e. The van der Waals surface area contributed by atoms with Crippen LogP contribution in [-0.2, 0) is 16.1 Å². The van der Waals surface area contributed by atoms with Crippen LogP contribution in [-0.4, -0.2) is 41.3 Å². The third-order valence-corrected chi connectivity index (χ3v) is 2.42. The molecule has 0 fully saturated rings. The van der Waals surface area contributed by atoms with E-state index in [2.05, 4.69) is 10.3 Å². The molecule has 0 saturated carbocycles. The summed E-state index contributed by atoms with van der Waals surface area (Å²) in [6.07, 6.45) is 3.31. The average molecular weight is 250 g/mol. The molecule has 6 heteroatoms. The van der Waals surface area contributed by atoms with Crippen molar-refractivity contribution in [2.75, 3.05) is 19.6 Å². The molecular weight excluding hydrogens is 232 g/mol. The van der Waals surface area contributed by atoms with E-state index in [1.165, 1.54) is 4.90 Å². The van der Waals surface area contributed by atoms with Gasteiger partial charge >= 0.3 is 11.8 Å². The van der Waals surface area contributed by atoms with E-state index in [1.54, 1.807) is 12.4 Å². The molecule has 18 heavy (non-hydrogen) atoms. The van der Waals surface area contributed by atoms with Gasteiger partial charge in [0.05, 0.1) is 0 Å². The van der Waals surface area contributed by atoms with Gasteiger partial charge in [-0.2, -0.15) is 0 Å². The largest absolute Gasteiger partial charge is 0.347 e. The molecule has 0 aliphatic carbocycles. The summed E-state index contributed by atoms with van der Waals surface area (Å²) < 4.78 is 0. The molecule has 0 radical (unpaired) electrons. The third kappa shape index (κ3) is 4.14. The van der Waals surface area contributed by atoms with Crippen molar-refractivity contribution >= 4 is 11.8 Å². The maximum absolute atomic E-state index is 11.8. The molecule has 6 nitrogen and oxygen atoms in total. The Bertz CT molecular complexity index is 394. The number of amides is 2. The lowest BCUT2D eigenvalue weighted by molar-refractivity contribution is -0.146. The first-order valence-corrected chi connectivity index (χ1v) is 5.85. The third-order valence-electron chi connectivity index (χ3n) is 2.42. The van der Waals surface area contributed by atoms with E-state index in [0.717, 1.165) is 5.56 Å². The zero-order chi connectivity index (χ0) is 13.4. The molecule has 0 spiro atoms. The lowest BCUT2D eigenvalue weighted by atomic mass is 10.2. The molecule has 0 aliphatic rings. The molecule has 98 valence electrons. The van der Waals surface area contributed by atoms with Crippen molar-refractivity contribution < 1.29 is 9.59 Å². The van der Waals surface area contributed by atoms with Crippen LogP contribution >= 0.6 is 0 Å². The minimum Gasteiger partial charge on any atom is -0.347 e. The molecule has 0 unspecified atom stereocenters. The first-order chi connectivity index (χ1) is 8.69. The summed E-state index contributed by atoms with van der Waals surface area (Å²) in [6, 6.07) is 3.63. The van der Waals surface area contributed by atoms with E-state index in [4.69, 9.17) is 5.73 Å². The smallest absolute Gasteiger partial charge is 0.312 e. The van der Waals surface area contributed by atoms with Crippen molar-refractivity contribution in [1.82, 2.24) is 15.2 Å². The van der Waals surface area contributed by atoms with E-state index < -0.39 is 11.8 Å². The molecule has 1 aromatic rings. The Balaban J connectivity index is 2.60. The number of carbonyl (C=O) groups excluding carboxylic acids is 2. The van der Waals surface area contributed by atoms with Crippen LogP contribution in [0.1, 0.15) is 12.5 Å². The lowest BCUT2D eigenvalue weighted by Crippen LogP contribution is -2.43. The van der Waals surface area contributed by atoms with Crippen molar-refractivity contribution in [1.29, 1.82) is 0 Å². The van der Waals surface area contributed by atoms with Crippen molar-refractivity contribution in [3.8, 4) is 0 Å². The van der Waals surface area contributed by atoms with Crippen LogP contribution in [0.3, 0.4) is 0 Å². The maximum atomic E-state index is 11.8. The fourth-order valence-corrected chi connectivity index (χ4v) is 1.44. The Kier molecular flexibility index (Phi) is 5.79. The van der Waals surface area contributed by atoms with E-state index in [9.17, 15) is 9.59 Å². The van der Waals surface area contributed by atoms with Gasteiger partial charge in [0.25, 0.3) is 0 Å². The second kappa shape index (κ2) is 7.39. The second-order valence-corrected chi connectivity index (χ2v) is 3.72. The highest BCUT2D eigenvalue weighted by Crippen LogP contribution is 2.03. The van der Waals surface area contributed by atoms with Crippen LogP contribution in [0.15, 0.2) is 24.5 Å². The summed E-state index contributed by atoms with van der Waals surface area (Å²) in [7, 11) is 0. The molecule has 0 aliphatic heterocycles. The van der Waals surface area contributed by atoms with Gasteiger partial charge in [0.1, 0.15) is 0 Å². The highest BCUT2D eigenvalue weighted by Gasteiger charge is 2.19. The predicted octanol–water partition coefficient (Wildman–Crippen LogP) is -0.495. The highest BCUT2D eigenvalue weighted by atomic mass is 16.2. The quantitative estimate of drug-likeness (QED) is 0.690. The number of nitrogens with zero attached hydrogens (tertiary/aromatic N) is 2. The van der Waals surface area contributed by atoms with Gasteiger partial charge in [-0.3, -0.25) is 14.6 Å². The van der Waals surface area contributed by atoms with Crippen molar-refractivity contribution in [3.63, 3.8) is 0 Å². The fraction of sp³-hybridized carbons (Fsp3) is 0.417. The molecule has 0 bridgehead atoms. The van der Waals surface area contributed by atoms with Crippen molar-refractivity contribution in [2.45, 2.75) is 13.5 Å². The Morgan fingerprint density at radius 1 is 1.39 bits per heavy atom. The number of nitrogens with two attached hydrogens (primary N) is 1. The van der Waals surface area contributed by atoms with Crippen LogP contribution in [0.25, 0.3) is 0 Å². The molecule has 1 aromatic heterocycles. The summed E-state index contributed by atoms with van der Waals surface area (Å²) in [5, 5.41) is 2.47. The number of aromatic nitrogens is 1. The normalized spacial score (nSPS) is 9.89. The zero-order valence-electron chi connectivity index (χ0n) is 10.4. The van der Waals surface area contributed by atoms with E-state index in [0.29, 0.717) is 26.2 Å². The van der Waals surface area contributed by atoms with Gasteiger partial charge in [0.2, 0.25) is 0 Å². The Hall–Kier alpha value is -1.95. The van der Waals surface area contributed by atoms with Crippen LogP contribution in [0.2, 0.25) is 0 Å².